The molecule has 5 heteroatoms. The second-order valence-electron chi connectivity index (χ2n) is 8.40. The maximum absolute atomic E-state index is 12.6. The van der Waals surface area contributed by atoms with Gasteiger partial charge in [-0.05, 0) is 73.2 Å². The van der Waals surface area contributed by atoms with Crippen LogP contribution in [0.25, 0.3) is 6.08 Å². The van der Waals surface area contributed by atoms with Gasteiger partial charge in [0.25, 0.3) is 0 Å². The first-order chi connectivity index (χ1) is 15.0. The quantitative estimate of drug-likeness (QED) is 0.455. The molecule has 0 amide bonds. The van der Waals surface area contributed by atoms with Crippen molar-refractivity contribution >= 4 is 17.5 Å². The van der Waals surface area contributed by atoms with E-state index in [1.807, 2.05) is 42.5 Å². The minimum Gasteiger partial charge on any atom is -0.493 e. The van der Waals surface area contributed by atoms with Crippen molar-refractivity contribution < 1.29 is 19.4 Å². The first kappa shape index (κ1) is 22.9. The van der Waals surface area contributed by atoms with E-state index >= 15 is 0 Å². The number of nitrogens with zero attached hydrogens (tertiary/aromatic N) is 1. The molecule has 2 aromatic rings. The fraction of sp³-hybridized carbons (Fsp3) is 0.423. The van der Waals surface area contributed by atoms with Crippen molar-refractivity contribution in [2.45, 2.75) is 39.2 Å². The molecule has 0 aliphatic carbocycles. The van der Waals surface area contributed by atoms with Crippen LogP contribution in [0.3, 0.4) is 0 Å². The number of rotatable bonds is 9. The fourth-order valence-corrected chi connectivity index (χ4v) is 3.54. The Hall–Kier alpha value is -2.79. The summed E-state index contributed by atoms with van der Waals surface area (Å²) in [6.07, 6.45) is 5.74. The third-order valence-electron chi connectivity index (χ3n) is 5.55. The van der Waals surface area contributed by atoms with E-state index < -0.39 is 0 Å². The standard InChI is InChI=1S/C26H33NO4/c1-19(2)14-17-31-25-11-5-20(18-26(25)30-3)4-10-24(29)21-6-8-22(9-7-21)27-15-12-23(28)13-16-27/h4-11,18-19,23,28H,12-17H2,1-3H3. The summed E-state index contributed by atoms with van der Waals surface area (Å²) in [5.74, 6) is 1.92. The molecule has 1 aliphatic heterocycles. The molecule has 1 N–H and O–H groups in total. The van der Waals surface area contributed by atoms with Gasteiger partial charge in [0.15, 0.2) is 17.3 Å². The van der Waals surface area contributed by atoms with Crippen LogP contribution in [0, 0.1) is 5.92 Å². The number of aliphatic hydroxyl groups is 1. The number of benzene rings is 2. The topological polar surface area (TPSA) is 59.0 Å². The van der Waals surface area contributed by atoms with Crippen LogP contribution in [0.2, 0.25) is 0 Å². The summed E-state index contributed by atoms with van der Waals surface area (Å²) < 4.78 is 11.3. The van der Waals surface area contributed by atoms with Gasteiger partial charge in [0, 0.05) is 24.3 Å². The van der Waals surface area contributed by atoms with Gasteiger partial charge in [-0.1, -0.05) is 26.0 Å². The van der Waals surface area contributed by atoms with Gasteiger partial charge in [-0.15, -0.1) is 0 Å². The molecule has 31 heavy (non-hydrogen) atoms. The van der Waals surface area contributed by atoms with Crippen molar-refractivity contribution in [3.63, 3.8) is 0 Å². The Balaban J connectivity index is 1.61. The molecule has 0 bridgehead atoms. The number of ether oxygens (including phenoxy) is 2. The molecular formula is C26H33NO4. The molecule has 0 saturated carbocycles. The maximum Gasteiger partial charge on any atom is 0.185 e. The minimum atomic E-state index is -0.193. The Kier molecular flexibility index (Phi) is 8.13. The fourth-order valence-electron chi connectivity index (χ4n) is 3.54. The van der Waals surface area contributed by atoms with E-state index in [4.69, 9.17) is 9.47 Å². The Bertz CT molecular complexity index is 881. The number of ketones is 1. The van der Waals surface area contributed by atoms with Gasteiger partial charge >= 0.3 is 0 Å². The van der Waals surface area contributed by atoms with Crippen LogP contribution in [0.15, 0.2) is 48.5 Å². The second-order valence-corrected chi connectivity index (χ2v) is 8.40. The van der Waals surface area contributed by atoms with Gasteiger partial charge in [-0.25, -0.2) is 0 Å². The molecular weight excluding hydrogens is 390 g/mol. The van der Waals surface area contributed by atoms with Gasteiger partial charge in [0.05, 0.1) is 19.8 Å². The zero-order valence-electron chi connectivity index (χ0n) is 18.7. The first-order valence-corrected chi connectivity index (χ1v) is 11.0. The van der Waals surface area contributed by atoms with Crippen LogP contribution in [0.5, 0.6) is 11.5 Å². The number of carbonyl (C=O) groups excluding carboxylic acids is 1. The summed E-state index contributed by atoms with van der Waals surface area (Å²) in [4.78, 5) is 14.8. The third-order valence-corrected chi connectivity index (χ3v) is 5.55. The van der Waals surface area contributed by atoms with Gasteiger partial charge in [0.1, 0.15) is 0 Å². The van der Waals surface area contributed by atoms with Crippen LogP contribution in [0.4, 0.5) is 5.69 Å². The number of aliphatic hydroxyl groups excluding tert-OH is 1. The average Bonchev–Trinajstić information content (AvgIpc) is 2.78. The lowest BCUT2D eigenvalue weighted by atomic mass is 10.1. The van der Waals surface area contributed by atoms with Gasteiger partial charge in [-0.3, -0.25) is 4.79 Å². The number of piperidine rings is 1. The van der Waals surface area contributed by atoms with E-state index in [0.717, 1.165) is 43.6 Å². The molecule has 3 rings (SSSR count). The Labute approximate surface area is 185 Å². The van der Waals surface area contributed by atoms with E-state index in [9.17, 15) is 9.90 Å². The minimum absolute atomic E-state index is 0.0446. The first-order valence-electron chi connectivity index (χ1n) is 11.0. The monoisotopic (exact) mass is 423 g/mol. The molecule has 0 radical (unpaired) electrons. The average molecular weight is 424 g/mol. The molecule has 1 fully saturated rings. The molecule has 2 aromatic carbocycles. The Morgan fingerprint density at radius 3 is 2.48 bits per heavy atom. The predicted octanol–water partition coefficient (Wildman–Crippen LogP) is 4.98. The number of carbonyl (C=O) groups is 1. The van der Waals surface area contributed by atoms with Crippen molar-refractivity contribution in [3.05, 3.63) is 59.7 Å². The maximum atomic E-state index is 12.6. The highest BCUT2D eigenvalue weighted by molar-refractivity contribution is 6.07. The molecule has 0 atom stereocenters. The van der Waals surface area contributed by atoms with E-state index in [-0.39, 0.29) is 11.9 Å². The Morgan fingerprint density at radius 2 is 1.84 bits per heavy atom. The van der Waals surface area contributed by atoms with E-state index in [2.05, 4.69) is 18.7 Å². The van der Waals surface area contributed by atoms with Crippen molar-refractivity contribution in [2.24, 2.45) is 5.92 Å². The third kappa shape index (κ3) is 6.59. The van der Waals surface area contributed by atoms with Crippen molar-refractivity contribution in [2.75, 3.05) is 31.7 Å². The number of hydrogen-bond acceptors (Lipinski definition) is 5. The summed E-state index contributed by atoms with van der Waals surface area (Å²) in [6, 6.07) is 13.4. The molecule has 1 aliphatic rings. The highest BCUT2D eigenvalue weighted by Crippen LogP contribution is 2.29. The molecule has 5 nitrogen and oxygen atoms in total. The van der Waals surface area contributed by atoms with Crippen molar-refractivity contribution in [1.29, 1.82) is 0 Å². The molecule has 166 valence electrons. The molecule has 0 unspecified atom stereocenters. The van der Waals surface area contributed by atoms with E-state index in [1.165, 1.54) is 0 Å². The van der Waals surface area contributed by atoms with Gasteiger partial charge < -0.3 is 19.5 Å². The van der Waals surface area contributed by atoms with Crippen LogP contribution in [-0.4, -0.2) is 43.8 Å². The lowest BCUT2D eigenvalue weighted by Gasteiger charge is -2.31. The van der Waals surface area contributed by atoms with Crippen LogP contribution < -0.4 is 14.4 Å². The number of anilines is 1. The van der Waals surface area contributed by atoms with Gasteiger partial charge in [0.2, 0.25) is 0 Å². The van der Waals surface area contributed by atoms with Crippen molar-refractivity contribution in [1.82, 2.24) is 0 Å². The lowest BCUT2D eigenvalue weighted by molar-refractivity contribution is 0.104. The largest absolute Gasteiger partial charge is 0.493 e. The number of hydrogen-bond donors (Lipinski definition) is 1. The zero-order chi connectivity index (χ0) is 22.2. The Morgan fingerprint density at radius 1 is 1.13 bits per heavy atom. The SMILES string of the molecule is COc1cc(C=CC(=O)c2ccc(N3CCC(O)CC3)cc2)ccc1OCCC(C)C. The summed E-state index contributed by atoms with van der Waals surface area (Å²) in [5, 5.41) is 9.66. The molecule has 1 heterocycles. The molecule has 0 aromatic heterocycles. The van der Waals surface area contributed by atoms with Crippen LogP contribution in [-0.2, 0) is 0 Å². The predicted molar refractivity (Wildman–Crippen MR) is 125 cm³/mol. The molecule has 1 saturated heterocycles. The smallest absolute Gasteiger partial charge is 0.185 e. The highest BCUT2D eigenvalue weighted by Gasteiger charge is 2.17. The summed E-state index contributed by atoms with van der Waals surface area (Å²) in [6.45, 7) is 6.66. The van der Waals surface area contributed by atoms with Crippen LogP contribution >= 0.6 is 0 Å². The zero-order valence-corrected chi connectivity index (χ0v) is 18.7. The summed E-state index contributed by atoms with van der Waals surface area (Å²) >= 11 is 0. The molecule has 0 spiro atoms. The number of methoxy groups -OCH3 is 1. The van der Waals surface area contributed by atoms with Gasteiger partial charge in [-0.2, -0.15) is 0 Å². The lowest BCUT2D eigenvalue weighted by Crippen LogP contribution is -2.35. The number of allylic oxidation sites excluding steroid dienone is 1. The van der Waals surface area contributed by atoms with E-state index in [0.29, 0.717) is 29.6 Å². The summed E-state index contributed by atoms with van der Waals surface area (Å²) in [5.41, 5.74) is 2.62. The second kappa shape index (κ2) is 11.0. The van der Waals surface area contributed by atoms with E-state index in [1.54, 1.807) is 19.3 Å². The normalized spacial score (nSPS) is 14.9. The van der Waals surface area contributed by atoms with Crippen LogP contribution in [0.1, 0.15) is 49.0 Å². The summed E-state index contributed by atoms with van der Waals surface area (Å²) in [7, 11) is 1.62. The highest BCUT2D eigenvalue weighted by atomic mass is 16.5. The van der Waals surface area contributed by atoms with Crippen molar-refractivity contribution in [3.8, 4) is 11.5 Å².